The lowest BCUT2D eigenvalue weighted by molar-refractivity contribution is -0.120. The molecule has 0 aliphatic carbocycles. The van der Waals surface area contributed by atoms with Crippen molar-refractivity contribution in [1.82, 2.24) is 14.9 Å². The Hall–Kier alpha value is -2.38. The molecule has 0 unspecified atom stereocenters. The average molecular weight is 212 g/mol. The molecule has 1 heterocycles. The molecule has 8 heteroatoms. The van der Waals surface area contributed by atoms with E-state index in [0.717, 1.165) is 4.57 Å². The maximum Gasteiger partial charge on any atom is 0.372 e. The van der Waals surface area contributed by atoms with Gasteiger partial charge in [0.05, 0.1) is 0 Å². The van der Waals surface area contributed by atoms with Gasteiger partial charge in [-0.2, -0.15) is 0 Å². The molecule has 0 atom stereocenters. The molecular weight excluding hydrogens is 204 g/mol. The summed E-state index contributed by atoms with van der Waals surface area (Å²) in [7, 11) is 0. The van der Waals surface area contributed by atoms with Gasteiger partial charge in [0.1, 0.15) is 6.54 Å². The van der Waals surface area contributed by atoms with Crippen molar-refractivity contribution >= 4 is 17.9 Å². The van der Waals surface area contributed by atoms with Crippen molar-refractivity contribution in [2.24, 2.45) is 5.73 Å². The number of imidazole rings is 1. The second-order valence-electron chi connectivity index (χ2n) is 2.60. The van der Waals surface area contributed by atoms with Crippen LogP contribution in [0.25, 0.3) is 0 Å². The van der Waals surface area contributed by atoms with Crippen LogP contribution in [0, 0.1) is 0 Å². The van der Waals surface area contributed by atoms with Gasteiger partial charge in [0.25, 0.3) is 0 Å². The maximum absolute atomic E-state index is 11.0. The number of aromatic carboxylic acids is 1. The Morgan fingerprint density at radius 3 is 2.73 bits per heavy atom. The van der Waals surface area contributed by atoms with Crippen LogP contribution in [0.15, 0.2) is 12.4 Å². The van der Waals surface area contributed by atoms with Crippen LogP contribution in [0.5, 0.6) is 0 Å². The molecule has 0 saturated carbocycles. The van der Waals surface area contributed by atoms with E-state index in [9.17, 15) is 14.4 Å². The summed E-state index contributed by atoms with van der Waals surface area (Å²) in [5.41, 5.74) is 4.71. The molecule has 0 aliphatic rings. The highest BCUT2D eigenvalue weighted by Gasteiger charge is 2.13. The van der Waals surface area contributed by atoms with E-state index >= 15 is 0 Å². The van der Waals surface area contributed by atoms with Gasteiger partial charge < -0.3 is 15.4 Å². The summed E-state index contributed by atoms with van der Waals surface area (Å²) in [6.45, 7) is -0.329. The standard InChI is InChI=1S/C7H8N4O4/c8-7(15)10-4(12)3-11-2-1-9-5(11)6(13)14/h1-2H,3H2,(H,13,14)(H3,8,10,12,15). The van der Waals surface area contributed by atoms with Crippen molar-refractivity contribution in [3.05, 3.63) is 18.2 Å². The van der Waals surface area contributed by atoms with Gasteiger partial charge in [-0.1, -0.05) is 0 Å². The van der Waals surface area contributed by atoms with Gasteiger partial charge in [0.15, 0.2) is 0 Å². The lowest BCUT2D eigenvalue weighted by Crippen LogP contribution is -2.37. The number of rotatable bonds is 3. The van der Waals surface area contributed by atoms with Gasteiger partial charge in [0, 0.05) is 12.4 Å². The first kappa shape index (κ1) is 10.7. The molecule has 0 aliphatic heterocycles. The van der Waals surface area contributed by atoms with Gasteiger partial charge in [-0.3, -0.25) is 10.1 Å². The number of hydrogen-bond donors (Lipinski definition) is 3. The number of carboxylic acid groups (broad SMARTS) is 1. The first-order valence-electron chi connectivity index (χ1n) is 3.84. The first-order chi connectivity index (χ1) is 7.00. The zero-order valence-electron chi connectivity index (χ0n) is 7.51. The quantitative estimate of drug-likeness (QED) is 0.578. The van der Waals surface area contributed by atoms with Gasteiger partial charge >= 0.3 is 12.0 Å². The molecule has 1 aromatic rings. The minimum absolute atomic E-state index is 0.283. The summed E-state index contributed by atoms with van der Waals surface area (Å²) in [4.78, 5) is 35.4. The Kier molecular flexibility index (Phi) is 3.01. The number of hydrogen-bond acceptors (Lipinski definition) is 4. The molecule has 8 nitrogen and oxygen atoms in total. The number of nitrogens with one attached hydrogen (secondary N) is 1. The van der Waals surface area contributed by atoms with Gasteiger partial charge in [0.2, 0.25) is 11.7 Å². The van der Waals surface area contributed by atoms with Crippen molar-refractivity contribution in [1.29, 1.82) is 0 Å². The third-order valence-corrected chi connectivity index (χ3v) is 1.48. The Balaban J connectivity index is 2.72. The van der Waals surface area contributed by atoms with Crippen LogP contribution in [-0.4, -0.2) is 32.6 Å². The summed E-state index contributed by atoms with van der Waals surface area (Å²) in [5, 5.41) is 10.4. The first-order valence-corrected chi connectivity index (χ1v) is 3.84. The highest BCUT2D eigenvalue weighted by atomic mass is 16.4. The second kappa shape index (κ2) is 4.22. The zero-order chi connectivity index (χ0) is 11.4. The highest BCUT2D eigenvalue weighted by molar-refractivity contribution is 5.93. The van der Waals surface area contributed by atoms with Crippen LogP contribution in [-0.2, 0) is 11.3 Å². The van der Waals surface area contributed by atoms with Crippen molar-refractivity contribution in [2.75, 3.05) is 0 Å². The average Bonchev–Trinajstić information content (AvgIpc) is 2.50. The fraction of sp³-hybridized carbons (Fsp3) is 0.143. The number of carbonyl (C=O) groups excluding carboxylic acids is 2. The normalized spacial score (nSPS) is 9.60. The van der Waals surface area contributed by atoms with Crippen molar-refractivity contribution in [3.63, 3.8) is 0 Å². The Morgan fingerprint density at radius 1 is 1.53 bits per heavy atom. The molecule has 80 valence electrons. The lowest BCUT2D eigenvalue weighted by atomic mass is 10.5. The third-order valence-electron chi connectivity index (χ3n) is 1.48. The molecule has 0 saturated heterocycles. The number of amides is 3. The minimum Gasteiger partial charge on any atom is -0.475 e. The number of imide groups is 1. The molecule has 1 rings (SSSR count). The Bertz CT molecular complexity index is 411. The van der Waals surface area contributed by atoms with E-state index in [0.29, 0.717) is 0 Å². The SMILES string of the molecule is NC(=O)NC(=O)Cn1ccnc1C(=O)O. The second-order valence-corrected chi connectivity index (χ2v) is 2.60. The minimum atomic E-state index is -1.26. The van der Waals surface area contributed by atoms with E-state index in [-0.39, 0.29) is 12.4 Å². The summed E-state index contributed by atoms with van der Waals surface area (Å²) in [5.74, 6) is -2.25. The zero-order valence-corrected chi connectivity index (χ0v) is 7.51. The predicted octanol–water partition coefficient (Wildman–Crippen LogP) is -1.22. The van der Waals surface area contributed by atoms with E-state index in [2.05, 4.69) is 4.98 Å². The molecular formula is C7H8N4O4. The van der Waals surface area contributed by atoms with E-state index in [1.54, 1.807) is 5.32 Å². The molecule has 0 fully saturated rings. The van der Waals surface area contributed by atoms with E-state index in [4.69, 9.17) is 10.8 Å². The predicted molar refractivity (Wildman–Crippen MR) is 46.9 cm³/mol. The molecule has 4 N–H and O–H groups in total. The summed E-state index contributed by atoms with van der Waals surface area (Å²) in [6.07, 6.45) is 2.55. The molecule has 15 heavy (non-hydrogen) atoms. The van der Waals surface area contributed by atoms with Crippen molar-refractivity contribution in [2.45, 2.75) is 6.54 Å². The summed E-state index contributed by atoms with van der Waals surface area (Å²) < 4.78 is 1.08. The number of nitrogens with two attached hydrogens (primary N) is 1. The maximum atomic E-state index is 11.0. The third kappa shape index (κ3) is 2.79. The topological polar surface area (TPSA) is 127 Å². The number of aromatic nitrogens is 2. The molecule has 3 amide bonds. The van der Waals surface area contributed by atoms with Crippen LogP contribution in [0.1, 0.15) is 10.6 Å². The fourth-order valence-electron chi connectivity index (χ4n) is 0.966. The number of primary amides is 1. The number of carboxylic acids is 1. The smallest absolute Gasteiger partial charge is 0.372 e. The monoisotopic (exact) mass is 212 g/mol. The van der Waals surface area contributed by atoms with Crippen LogP contribution < -0.4 is 11.1 Å². The van der Waals surface area contributed by atoms with Crippen LogP contribution in [0.2, 0.25) is 0 Å². The van der Waals surface area contributed by atoms with Crippen LogP contribution in [0.4, 0.5) is 4.79 Å². The Labute approximate surface area is 83.7 Å². The number of carbonyl (C=O) groups is 3. The highest BCUT2D eigenvalue weighted by Crippen LogP contribution is 1.96. The summed E-state index contributed by atoms with van der Waals surface area (Å²) in [6, 6.07) is -0.989. The van der Waals surface area contributed by atoms with E-state index in [1.165, 1.54) is 12.4 Å². The Morgan fingerprint density at radius 2 is 2.20 bits per heavy atom. The number of urea groups is 1. The van der Waals surface area contributed by atoms with E-state index in [1.807, 2.05) is 0 Å². The molecule has 1 aromatic heterocycles. The van der Waals surface area contributed by atoms with Crippen molar-refractivity contribution in [3.8, 4) is 0 Å². The van der Waals surface area contributed by atoms with E-state index < -0.39 is 17.9 Å². The van der Waals surface area contributed by atoms with Gasteiger partial charge in [-0.05, 0) is 0 Å². The van der Waals surface area contributed by atoms with Crippen LogP contribution in [0.3, 0.4) is 0 Å². The lowest BCUT2D eigenvalue weighted by Gasteiger charge is -2.03. The molecule has 0 aromatic carbocycles. The molecule has 0 bridgehead atoms. The largest absolute Gasteiger partial charge is 0.475 e. The van der Waals surface area contributed by atoms with Gasteiger partial charge in [-0.15, -0.1) is 0 Å². The van der Waals surface area contributed by atoms with Crippen LogP contribution >= 0.6 is 0 Å². The number of nitrogens with zero attached hydrogens (tertiary/aromatic N) is 2. The molecule has 0 spiro atoms. The molecule has 0 radical (unpaired) electrons. The van der Waals surface area contributed by atoms with Gasteiger partial charge in [-0.25, -0.2) is 14.6 Å². The van der Waals surface area contributed by atoms with Crippen molar-refractivity contribution < 1.29 is 19.5 Å². The summed E-state index contributed by atoms with van der Waals surface area (Å²) >= 11 is 0. The fourth-order valence-corrected chi connectivity index (χ4v) is 0.966.